The maximum atomic E-state index is 15.0. The average molecular weight is 491 g/mol. The Morgan fingerprint density at radius 1 is 0.611 bits per heavy atom. The van der Waals surface area contributed by atoms with E-state index in [1.165, 1.54) is 18.2 Å². The molecule has 0 unspecified atom stereocenters. The van der Waals surface area contributed by atoms with Crippen LogP contribution in [0.4, 0.5) is 17.6 Å². The van der Waals surface area contributed by atoms with E-state index in [1.807, 2.05) is 24.3 Å². The van der Waals surface area contributed by atoms with Gasteiger partial charge in [0.25, 0.3) is 0 Å². The molecule has 0 aliphatic heterocycles. The lowest BCUT2D eigenvalue weighted by molar-refractivity contribution is 0.314. The second kappa shape index (κ2) is 11.3. The van der Waals surface area contributed by atoms with Gasteiger partial charge in [-0.3, -0.25) is 0 Å². The van der Waals surface area contributed by atoms with Crippen LogP contribution in [0, 0.1) is 23.3 Å². The molecule has 184 valence electrons. The number of rotatable bonds is 8. The lowest BCUT2D eigenvalue weighted by atomic mass is 9.97. The van der Waals surface area contributed by atoms with Crippen molar-refractivity contribution >= 4 is 12.2 Å². The minimum Gasteiger partial charge on any atom is -0.491 e. The van der Waals surface area contributed by atoms with E-state index in [1.54, 1.807) is 49.4 Å². The van der Waals surface area contributed by atoms with Crippen molar-refractivity contribution in [2.45, 2.75) is 26.7 Å². The Hall–Kier alpha value is -3.86. The van der Waals surface area contributed by atoms with Gasteiger partial charge in [0.1, 0.15) is 0 Å². The molecule has 0 atom stereocenters. The second-order valence-electron chi connectivity index (χ2n) is 8.40. The van der Waals surface area contributed by atoms with Crippen LogP contribution in [-0.4, -0.2) is 6.61 Å². The fourth-order valence-electron chi connectivity index (χ4n) is 4.04. The molecular weight excluding hydrogens is 464 g/mol. The molecule has 0 saturated heterocycles. The topological polar surface area (TPSA) is 9.23 Å². The van der Waals surface area contributed by atoms with Crippen LogP contribution >= 0.6 is 0 Å². The van der Waals surface area contributed by atoms with Crippen molar-refractivity contribution in [3.63, 3.8) is 0 Å². The van der Waals surface area contributed by atoms with Gasteiger partial charge in [-0.05, 0) is 47.7 Å². The fourth-order valence-corrected chi connectivity index (χ4v) is 4.04. The molecule has 0 bridgehead atoms. The van der Waals surface area contributed by atoms with Crippen molar-refractivity contribution in [1.82, 2.24) is 0 Å². The molecule has 4 aromatic rings. The molecule has 0 aliphatic rings. The van der Waals surface area contributed by atoms with Crippen LogP contribution in [0.1, 0.15) is 37.0 Å². The smallest absolute Gasteiger partial charge is 0.201 e. The molecule has 5 heteroatoms. The standard InChI is InChI=1S/C31H26F4O/c1-3-5-20-6-11-22(12-7-20)25-17-18-26(30(34)29(25)33)23-13-8-21(9-14-23)10-15-24-16-19-27(36-4-2)31(35)28(24)32/h6-19H,3-5H2,1-2H3. The number of benzene rings is 4. The Morgan fingerprint density at radius 2 is 1.19 bits per heavy atom. The lowest BCUT2D eigenvalue weighted by Gasteiger charge is -2.10. The van der Waals surface area contributed by atoms with Gasteiger partial charge >= 0.3 is 0 Å². The van der Waals surface area contributed by atoms with Crippen molar-refractivity contribution in [3.05, 3.63) is 113 Å². The van der Waals surface area contributed by atoms with Gasteiger partial charge in [-0.2, -0.15) is 4.39 Å². The van der Waals surface area contributed by atoms with E-state index in [0.717, 1.165) is 18.4 Å². The first kappa shape index (κ1) is 25.2. The molecule has 0 radical (unpaired) electrons. The van der Waals surface area contributed by atoms with Gasteiger partial charge in [-0.15, -0.1) is 0 Å². The Morgan fingerprint density at radius 3 is 1.75 bits per heavy atom. The van der Waals surface area contributed by atoms with E-state index in [4.69, 9.17) is 4.74 Å². The summed E-state index contributed by atoms with van der Waals surface area (Å²) in [4.78, 5) is 0. The monoisotopic (exact) mass is 490 g/mol. The third-order valence-corrected chi connectivity index (χ3v) is 5.94. The van der Waals surface area contributed by atoms with Gasteiger partial charge < -0.3 is 4.74 Å². The van der Waals surface area contributed by atoms with Gasteiger partial charge in [-0.25, -0.2) is 13.2 Å². The molecule has 0 spiro atoms. The van der Waals surface area contributed by atoms with Crippen molar-refractivity contribution < 1.29 is 22.3 Å². The summed E-state index contributed by atoms with van der Waals surface area (Å²) in [6.45, 7) is 4.01. The molecule has 1 nitrogen and oxygen atoms in total. The first-order valence-corrected chi connectivity index (χ1v) is 11.9. The predicted molar refractivity (Wildman–Crippen MR) is 138 cm³/mol. The van der Waals surface area contributed by atoms with E-state index in [-0.39, 0.29) is 29.0 Å². The van der Waals surface area contributed by atoms with Crippen LogP contribution in [0.5, 0.6) is 5.75 Å². The summed E-state index contributed by atoms with van der Waals surface area (Å²) >= 11 is 0. The largest absolute Gasteiger partial charge is 0.491 e. The summed E-state index contributed by atoms with van der Waals surface area (Å²) in [5, 5.41) is 0. The van der Waals surface area contributed by atoms with Crippen LogP contribution in [0.3, 0.4) is 0 Å². The highest BCUT2D eigenvalue weighted by atomic mass is 19.2. The van der Waals surface area contributed by atoms with E-state index in [0.29, 0.717) is 16.7 Å². The van der Waals surface area contributed by atoms with Gasteiger partial charge in [0.05, 0.1) is 6.61 Å². The third kappa shape index (κ3) is 5.35. The normalized spacial score (nSPS) is 11.3. The zero-order valence-corrected chi connectivity index (χ0v) is 20.1. The molecule has 0 saturated carbocycles. The summed E-state index contributed by atoms with van der Waals surface area (Å²) in [6.07, 6.45) is 5.02. The predicted octanol–water partition coefficient (Wildman–Crippen LogP) is 9.10. The summed E-state index contributed by atoms with van der Waals surface area (Å²) < 4.78 is 63.4. The molecule has 36 heavy (non-hydrogen) atoms. The molecule has 0 heterocycles. The van der Waals surface area contributed by atoms with Crippen LogP contribution in [0.25, 0.3) is 34.4 Å². The van der Waals surface area contributed by atoms with Gasteiger partial charge in [0.2, 0.25) is 5.82 Å². The van der Waals surface area contributed by atoms with Crippen molar-refractivity contribution in [1.29, 1.82) is 0 Å². The highest BCUT2D eigenvalue weighted by Gasteiger charge is 2.16. The Bertz CT molecular complexity index is 1370. The number of halogens is 4. The number of aryl methyl sites for hydroxylation is 1. The lowest BCUT2D eigenvalue weighted by Crippen LogP contribution is -1.98. The summed E-state index contributed by atoms with van der Waals surface area (Å²) in [6, 6.07) is 20.2. The zero-order chi connectivity index (χ0) is 25.7. The quantitative estimate of drug-likeness (QED) is 0.177. The minimum atomic E-state index is -1.04. The summed E-state index contributed by atoms with van der Waals surface area (Å²) in [5.41, 5.74) is 3.41. The Labute approximate surface area is 208 Å². The Balaban J connectivity index is 1.54. The Kier molecular flexibility index (Phi) is 7.89. The first-order chi connectivity index (χ1) is 17.4. The highest BCUT2D eigenvalue weighted by molar-refractivity contribution is 5.75. The van der Waals surface area contributed by atoms with E-state index >= 15 is 0 Å². The molecule has 4 rings (SSSR count). The van der Waals surface area contributed by atoms with Crippen LogP contribution in [-0.2, 0) is 6.42 Å². The fraction of sp³-hybridized carbons (Fsp3) is 0.161. The number of hydrogen-bond donors (Lipinski definition) is 0. The van der Waals surface area contributed by atoms with Crippen molar-refractivity contribution in [3.8, 4) is 28.0 Å². The van der Waals surface area contributed by atoms with Crippen LogP contribution in [0.2, 0.25) is 0 Å². The van der Waals surface area contributed by atoms with E-state index in [2.05, 4.69) is 6.92 Å². The molecule has 0 fully saturated rings. The maximum Gasteiger partial charge on any atom is 0.201 e. The second-order valence-corrected chi connectivity index (χ2v) is 8.40. The van der Waals surface area contributed by atoms with Gasteiger partial charge in [0.15, 0.2) is 23.2 Å². The van der Waals surface area contributed by atoms with Gasteiger partial charge in [-0.1, -0.05) is 86.2 Å². The summed E-state index contributed by atoms with van der Waals surface area (Å²) in [5.74, 6) is -3.97. The molecule has 0 aromatic heterocycles. The van der Waals surface area contributed by atoms with Gasteiger partial charge in [0, 0.05) is 16.7 Å². The molecule has 0 amide bonds. The number of hydrogen-bond acceptors (Lipinski definition) is 1. The van der Waals surface area contributed by atoms with E-state index < -0.39 is 23.3 Å². The van der Waals surface area contributed by atoms with Crippen LogP contribution < -0.4 is 4.74 Å². The first-order valence-electron chi connectivity index (χ1n) is 11.9. The summed E-state index contributed by atoms with van der Waals surface area (Å²) in [7, 11) is 0. The SMILES string of the molecule is CCCc1ccc(-c2ccc(-c3ccc(C=Cc4ccc(OCC)c(F)c4F)cc3)c(F)c2F)cc1. The van der Waals surface area contributed by atoms with Crippen molar-refractivity contribution in [2.75, 3.05) is 6.61 Å². The van der Waals surface area contributed by atoms with Crippen LogP contribution in [0.15, 0.2) is 72.8 Å². The zero-order valence-electron chi connectivity index (χ0n) is 20.1. The molecule has 4 aromatic carbocycles. The average Bonchev–Trinajstić information content (AvgIpc) is 2.89. The van der Waals surface area contributed by atoms with E-state index in [9.17, 15) is 17.6 Å². The highest BCUT2D eigenvalue weighted by Crippen LogP contribution is 2.32. The number of ether oxygens (including phenoxy) is 1. The maximum absolute atomic E-state index is 15.0. The molecule has 0 N–H and O–H groups in total. The minimum absolute atomic E-state index is 0.0754. The van der Waals surface area contributed by atoms with Crippen molar-refractivity contribution in [2.24, 2.45) is 0 Å². The third-order valence-electron chi connectivity index (χ3n) is 5.94. The molecule has 0 aliphatic carbocycles. The molecular formula is C31H26F4O.